The van der Waals surface area contributed by atoms with Crippen LogP contribution >= 0.6 is 0 Å². The van der Waals surface area contributed by atoms with Crippen LogP contribution < -0.4 is 9.62 Å². The molecule has 166 valence electrons. The van der Waals surface area contributed by atoms with Gasteiger partial charge < -0.3 is 4.90 Å². The van der Waals surface area contributed by atoms with Gasteiger partial charge in [-0.05, 0) is 61.7 Å². The summed E-state index contributed by atoms with van der Waals surface area (Å²) in [5.74, 6) is 0. The van der Waals surface area contributed by atoms with Gasteiger partial charge >= 0.3 is 6.03 Å². The SMILES string of the molecule is Cc1ccc(C)c(CN2CCCN(c3cccc(NS(=O)(=O)c4ccccc4)c3)C2=O)c1. The predicted molar refractivity (Wildman–Crippen MR) is 127 cm³/mol. The van der Waals surface area contributed by atoms with Crippen molar-refractivity contribution in [2.75, 3.05) is 22.7 Å². The van der Waals surface area contributed by atoms with Crippen LogP contribution in [0.25, 0.3) is 0 Å². The van der Waals surface area contributed by atoms with Gasteiger partial charge in [-0.2, -0.15) is 0 Å². The zero-order valence-electron chi connectivity index (χ0n) is 18.3. The molecule has 1 N–H and O–H groups in total. The van der Waals surface area contributed by atoms with E-state index in [4.69, 9.17) is 0 Å². The zero-order chi connectivity index (χ0) is 22.7. The van der Waals surface area contributed by atoms with Gasteiger partial charge in [0.05, 0.1) is 10.6 Å². The Hall–Kier alpha value is -3.32. The summed E-state index contributed by atoms with van der Waals surface area (Å²) in [4.78, 5) is 17.0. The highest BCUT2D eigenvalue weighted by atomic mass is 32.2. The average molecular weight is 450 g/mol. The number of carbonyl (C=O) groups is 1. The molecule has 1 aliphatic heterocycles. The highest BCUT2D eigenvalue weighted by Crippen LogP contribution is 2.26. The first-order chi connectivity index (χ1) is 15.3. The summed E-state index contributed by atoms with van der Waals surface area (Å²) in [6, 6.07) is 21.4. The van der Waals surface area contributed by atoms with Crippen molar-refractivity contribution in [1.29, 1.82) is 0 Å². The topological polar surface area (TPSA) is 69.7 Å². The largest absolute Gasteiger partial charge is 0.324 e. The van der Waals surface area contributed by atoms with E-state index in [1.165, 1.54) is 5.56 Å². The van der Waals surface area contributed by atoms with Crippen molar-refractivity contribution in [2.45, 2.75) is 31.7 Å². The molecule has 0 radical (unpaired) electrons. The van der Waals surface area contributed by atoms with Crippen LogP contribution in [0.3, 0.4) is 0 Å². The summed E-state index contributed by atoms with van der Waals surface area (Å²) in [6.07, 6.45) is 0.844. The van der Waals surface area contributed by atoms with Crippen molar-refractivity contribution in [2.24, 2.45) is 0 Å². The van der Waals surface area contributed by atoms with Crippen LogP contribution in [0.4, 0.5) is 16.2 Å². The quantitative estimate of drug-likeness (QED) is 0.580. The molecule has 3 aromatic rings. The van der Waals surface area contributed by atoms with Crippen LogP contribution in [-0.4, -0.2) is 32.4 Å². The van der Waals surface area contributed by atoms with Crippen molar-refractivity contribution in [3.63, 3.8) is 0 Å². The number of nitrogens with one attached hydrogen (secondary N) is 1. The van der Waals surface area contributed by atoms with E-state index in [1.807, 2.05) is 11.0 Å². The second-order valence-electron chi connectivity index (χ2n) is 8.11. The Bertz CT molecular complexity index is 1230. The summed E-state index contributed by atoms with van der Waals surface area (Å²) < 4.78 is 28.0. The van der Waals surface area contributed by atoms with Gasteiger partial charge in [0.25, 0.3) is 10.0 Å². The monoisotopic (exact) mass is 449 g/mol. The van der Waals surface area contributed by atoms with Crippen LogP contribution in [0.15, 0.2) is 77.7 Å². The van der Waals surface area contributed by atoms with Crippen LogP contribution in [0.1, 0.15) is 23.1 Å². The first-order valence-electron chi connectivity index (χ1n) is 10.6. The molecule has 0 saturated carbocycles. The average Bonchev–Trinajstić information content (AvgIpc) is 2.78. The molecule has 1 heterocycles. The van der Waals surface area contributed by atoms with Crippen LogP contribution in [0.2, 0.25) is 0 Å². The van der Waals surface area contributed by atoms with Crippen molar-refractivity contribution < 1.29 is 13.2 Å². The molecule has 32 heavy (non-hydrogen) atoms. The summed E-state index contributed by atoms with van der Waals surface area (Å²) in [7, 11) is -3.70. The van der Waals surface area contributed by atoms with Crippen LogP contribution in [0, 0.1) is 13.8 Å². The first-order valence-corrected chi connectivity index (χ1v) is 12.1. The maximum Gasteiger partial charge on any atom is 0.324 e. The highest BCUT2D eigenvalue weighted by molar-refractivity contribution is 7.92. The molecule has 6 nitrogen and oxygen atoms in total. The molecular formula is C25H27N3O3S. The summed E-state index contributed by atoms with van der Waals surface area (Å²) >= 11 is 0. The highest BCUT2D eigenvalue weighted by Gasteiger charge is 2.27. The van der Waals surface area contributed by atoms with Crippen LogP contribution in [-0.2, 0) is 16.6 Å². The Morgan fingerprint density at radius 1 is 0.906 bits per heavy atom. The van der Waals surface area contributed by atoms with Gasteiger partial charge in [0, 0.05) is 25.3 Å². The van der Waals surface area contributed by atoms with Gasteiger partial charge in [0.2, 0.25) is 0 Å². The smallest absolute Gasteiger partial charge is 0.320 e. The van der Waals surface area contributed by atoms with Gasteiger partial charge in [-0.1, -0.05) is 48.0 Å². The van der Waals surface area contributed by atoms with Gasteiger partial charge in [-0.15, -0.1) is 0 Å². The third kappa shape index (κ3) is 4.78. The fourth-order valence-electron chi connectivity index (χ4n) is 3.90. The van der Waals surface area contributed by atoms with Crippen LogP contribution in [0.5, 0.6) is 0 Å². The molecular weight excluding hydrogens is 422 g/mol. The standard InChI is InChI=1S/C25H27N3O3S/c1-19-12-13-20(2)21(16-19)18-27-14-7-15-28(25(27)29)23-9-6-8-22(17-23)26-32(30,31)24-10-4-3-5-11-24/h3-6,8-13,16-17,26H,7,14-15,18H2,1-2H3. The van der Waals surface area contributed by atoms with Crippen molar-refractivity contribution in [3.8, 4) is 0 Å². The molecule has 0 atom stereocenters. The molecule has 0 bridgehead atoms. The van der Waals surface area contributed by atoms with E-state index < -0.39 is 10.0 Å². The molecule has 1 saturated heterocycles. The molecule has 2 amide bonds. The van der Waals surface area contributed by atoms with E-state index in [9.17, 15) is 13.2 Å². The third-order valence-corrected chi connectivity index (χ3v) is 7.04. The molecule has 0 spiro atoms. The number of aryl methyl sites for hydroxylation is 2. The summed E-state index contributed by atoms with van der Waals surface area (Å²) in [6.45, 7) is 5.96. The number of amides is 2. The Morgan fingerprint density at radius 2 is 1.69 bits per heavy atom. The molecule has 0 aliphatic carbocycles. The van der Waals surface area contributed by atoms with Gasteiger partial charge in [0.15, 0.2) is 0 Å². The third-order valence-electron chi connectivity index (χ3n) is 5.64. The fourth-order valence-corrected chi connectivity index (χ4v) is 4.97. The number of benzene rings is 3. The lowest BCUT2D eigenvalue weighted by Gasteiger charge is -2.36. The first kappa shape index (κ1) is 21.9. The lowest BCUT2D eigenvalue weighted by molar-refractivity contribution is 0.192. The Labute approximate surface area is 189 Å². The van der Waals surface area contributed by atoms with Gasteiger partial charge in [-0.25, -0.2) is 13.2 Å². The van der Waals surface area contributed by atoms with E-state index in [-0.39, 0.29) is 10.9 Å². The molecule has 0 aromatic heterocycles. The van der Waals surface area contributed by atoms with E-state index >= 15 is 0 Å². The minimum atomic E-state index is -3.70. The molecule has 7 heteroatoms. The van der Waals surface area contributed by atoms with E-state index in [0.717, 1.165) is 17.5 Å². The number of nitrogens with zero attached hydrogens (tertiary/aromatic N) is 2. The number of carbonyl (C=O) groups excluding carboxylic acids is 1. The Balaban J connectivity index is 1.53. The number of urea groups is 1. The maximum atomic E-state index is 13.3. The van der Waals surface area contributed by atoms with E-state index in [0.29, 0.717) is 31.0 Å². The number of hydrogen-bond donors (Lipinski definition) is 1. The summed E-state index contributed by atoms with van der Waals surface area (Å²) in [5, 5.41) is 0. The second-order valence-corrected chi connectivity index (χ2v) is 9.79. The van der Waals surface area contributed by atoms with Crippen molar-refractivity contribution in [1.82, 2.24) is 4.90 Å². The lowest BCUT2D eigenvalue weighted by Crippen LogP contribution is -2.49. The molecule has 0 unspecified atom stereocenters. The second kappa shape index (κ2) is 9.04. The van der Waals surface area contributed by atoms with Gasteiger partial charge in [-0.3, -0.25) is 9.62 Å². The molecule has 4 rings (SSSR count). The Morgan fingerprint density at radius 3 is 2.47 bits per heavy atom. The summed E-state index contributed by atoms with van der Waals surface area (Å²) in [5.41, 5.74) is 4.58. The van der Waals surface area contributed by atoms with E-state index in [2.05, 4.69) is 36.8 Å². The van der Waals surface area contributed by atoms with Crippen molar-refractivity contribution >= 4 is 27.4 Å². The molecule has 3 aromatic carbocycles. The molecule has 1 aliphatic rings. The minimum Gasteiger partial charge on any atom is -0.320 e. The fraction of sp³-hybridized carbons (Fsp3) is 0.240. The zero-order valence-corrected chi connectivity index (χ0v) is 19.1. The number of rotatable bonds is 6. The maximum absolute atomic E-state index is 13.3. The number of sulfonamides is 1. The number of hydrogen-bond acceptors (Lipinski definition) is 3. The normalized spacial score (nSPS) is 14.5. The van der Waals surface area contributed by atoms with Crippen molar-refractivity contribution in [3.05, 3.63) is 89.5 Å². The molecule has 1 fully saturated rings. The van der Waals surface area contributed by atoms with Gasteiger partial charge in [0.1, 0.15) is 0 Å². The Kier molecular flexibility index (Phi) is 6.19. The van der Waals surface area contributed by atoms with E-state index in [1.54, 1.807) is 53.4 Å². The minimum absolute atomic E-state index is 0.0692. The predicted octanol–water partition coefficient (Wildman–Crippen LogP) is 4.94. The lowest BCUT2D eigenvalue weighted by atomic mass is 10.0. The number of anilines is 2.